The fraction of sp³-hybridized carbons (Fsp3) is 0.300. The van der Waals surface area contributed by atoms with Gasteiger partial charge in [-0.2, -0.15) is 8.42 Å². The highest BCUT2D eigenvalue weighted by Gasteiger charge is 2.27. The minimum atomic E-state index is -3.66. The molecule has 0 spiro atoms. The van der Waals surface area contributed by atoms with Gasteiger partial charge in [0.2, 0.25) is 0 Å². The minimum absolute atomic E-state index is 0.131. The van der Waals surface area contributed by atoms with Gasteiger partial charge in [-0.15, -0.1) is 0 Å². The lowest BCUT2D eigenvalue weighted by atomic mass is 10.1. The van der Waals surface area contributed by atoms with Crippen LogP contribution in [-0.2, 0) is 26.1 Å². The molecule has 0 unspecified atom stereocenters. The first-order valence-electron chi connectivity index (χ1n) is 4.67. The van der Waals surface area contributed by atoms with Crippen LogP contribution in [0.1, 0.15) is 12.0 Å². The smallest absolute Gasteiger partial charge is 0.339 e. The Morgan fingerprint density at radius 2 is 2.19 bits per heavy atom. The maximum Gasteiger partial charge on any atom is 0.339 e. The van der Waals surface area contributed by atoms with Gasteiger partial charge in [-0.05, 0) is 30.2 Å². The number of ether oxygens (including phenoxy) is 1. The van der Waals surface area contributed by atoms with Gasteiger partial charge in [-0.25, -0.2) is 0 Å². The largest absolute Gasteiger partial charge is 0.469 e. The zero-order valence-corrected chi connectivity index (χ0v) is 9.41. The molecule has 6 heteroatoms. The Bertz CT molecular complexity index is 532. The molecule has 86 valence electrons. The predicted octanol–water partition coefficient (Wildman–Crippen LogP) is 0.873. The molecule has 0 amide bonds. The van der Waals surface area contributed by atoms with Crippen molar-refractivity contribution in [2.75, 3.05) is 7.11 Å². The molecule has 0 saturated heterocycles. The topological polar surface area (TPSA) is 69.7 Å². The van der Waals surface area contributed by atoms with Crippen LogP contribution in [0.4, 0.5) is 0 Å². The summed E-state index contributed by atoms with van der Waals surface area (Å²) in [7, 11) is -2.36. The minimum Gasteiger partial charge on any atom is -0.469 e. The first-order chi connectivity index (χ1) is 7.53. The molecule has 2 aliphatic rings. The zero-order valence-electron chi connectivity index (χ0n) is 8.60. The highest BCUT2D eigenvalue weighted by Crippen LogP contribution is 2.31. The van der Waals surface area contributed by atoms with Crippen molar-refractivity contribution in [3.8, 4) is 5.75 Å². The van der Waals surface area contributed by atoms with E-state index in [-0.39, 0.29) is 23.0 Å². The van der Waals surface area contributed by atoms with Crippen LogP contribution in [0, 0.1) is 0 Å². The van der Waals surface area contributed by atoms with Crippen LogP contribution >= 0.6 is 0 Å². The van der Waals surface area contributed by atoms with Crippen molar-refractivity contribution in [1.82, 2.24) is 0 Å². The summed E-state index contributed by atoms with van der Waals surface area (Å²) in [6, 6.07) is 4.69. The van der Waals surface area contributed by atoms with Crippen molar-refractivity contribution < 1.29 is 22.1 Å². The van der Waals surface area contributed by atoms with Gasteiger partial charge in [-0.3, -0.25) is 4.79 Å². The first-order valence-corrected chi connectivity index (χ1v) is 6.08. The Kier molecular flexibility index (Phi) is 2.59. The van der Waals surface area contributed by atoms with E-state index in [0.717, 1.165) is 0 Å². The van der Waals surface area contributed by atoms with E-state index < -0.39 is 10.1 Å². The van der Waals surface area contributed by atoms with Crippen molar-refractivity contribution in [2.24, 2.45) is 0 Å². The van der Waals surface area contributed by atoms with E-state index in [1.165, 1.54) is 13.2 Å². The van der Waals surface area contributed by atoms with Crippen molar-refractivity contribution in [1.29, 1.82) is 0 Å². The number of carbonyl (C=O) groups is 1. The average Bonchev–Trinajstić information content (AvgIpc) is 2.24. The van der Waals surface area contributed by atoms with Crippen LogP contribution in [0.25, 0.3) is 0 Å². The maximum atomic E-state index is 11.5. The summed E-state index contributed by atoms with van der Waals surface area (Å²) in [5, 5.41) is 0. The van der Waals surface area contributed by atoms with Gasteiger partial charge in [-0.1, -0.05) is 0 Å². The predicted molar refractivity (Wildman–Crippen MR) is 54.6 cm³/mol. The molecule has 0 aromatic heterocycles. The number of aryl methyl sites for hydroxylation is 1. The van der Waals surface area contributed by atoms with E-state index in [1.54, 1.807) is 12.1 Å². The molecule has 5 nitrogen and oxygen atoms in total. The van der Waals surface area contributed by atoms with Gasteiger partial charge in [0.1, 0.15) is 10.6 Å². The van der Waals surface area contributed by atoms with Gasteiger partial charge in [0, 0.05) is 6.42 Å². The summed E-state index contributed by atoms with van der Waals surface area (Å²) in [5.74, 6) is -0.0786. The SMILES string of the molecule is COC(=O)CCc1cc2ccc1S(=O)(=O)O2. The number of benzene rings is 1. The number of fused-ring (bicyclic) bond motifs is 3. The molecule has 3 rings (SSSR count). The summed E-state index contributed by atoms with van der Waals surface area (Å²) in [6.45, 7) is 0. The third-order valence-corrected chi connectivity index (χ3v) is 3.68. The molecular formula is C10H10O5S. The van der Waals surface area contributed by atoms with Crippen LogP contribution in [0.3, 0.4) is 0 Å². The van der Waals surface area contributed by atoms with E-state index in [9.17, 15) is 13.2 Å². The van der Waals surface area contributed by atoms with E-state index >= 15 is 0 Å². The molecule has 0 saturated carbocycles. The van der Waals surface area contributed by atoms with Crippen LogP contribution in [0.15, 0.2) is 23.1 Å². The summed E-state index contributed by atoms with van der Waals surface area (Å²) in [6.07, 6.45) is 0.487. The monoisotopic (exact) mass is 242 g/mol. The fourth-order valence-electron chi connectivity index (χ4n) is 1.56. The van der Waals surface area contributed by atoms with E-state index in [4.69, 9.17) is 4.18 Å². The molecule has 16 heavy (non-hydrogen) atoms. The molecule has 1 aromatic carbocycles. The Morgan fingerprint density at radius 1 is 1.44 bits per heavy atom. The van der Waals surface area contributed by atoms with Gasteiger partial charge in [0.05, 0.1) is 7.11 Å². The van der Waals surface area contributed by atoms with Gasteiger partial charge in [0.25, 0.3) is 0 Å². The van der Waals surface area contributed by atoms with Gasteiger partial charge >= 0.3 is 16.1 Å². The van der Waals surface area contributed by atoms with Gasteiger partial charge in [0.15, 0.2) is 0 Å². The maximum absolute atomic E-state index is 11.5. The molecule has 0 radical (unpaired) electrons. The zero-order chi connectivity index (χ0) is 11.8. The highest BCUT2D eigenvalue weighted by molar-refractivity contribution is 7.87. The second-order valence-corrected chi connectivity index (χ2v) is 4.90. The van der Waals surface area contributed by atoms with Crippen molar-refractivity contribution in [2.45, 2.75) is 17.7 Å². The fourth-order valence-corrected chi connectivity index (χ4v) is 2.72. The molecule has 1 aromatic rings. The van der Waals surface area contributed by atoms with Gasteiger partial charge < -0.3 is 8.92 Å². The van der Waals surface area contributed by atoms with Crippen molar-refractivity contribution in [3.05, 3.63) is 23.8 Å². The number of carbonyl (C=O) groups excluding carboxylic acids is 1. The summed E-state index contributed by atoms with van der Waals surface area (Å²) in [5.41, 5.74) is 0.592. The van der Waals surface area contributed by atoms with Crippen LogP contribution in [0.2, 0.25) is 0 Å². The Hall–Kier alpha value is -1.56. The molecule has 0 fully saturated rings. The number of esters is 1. The quantitative estimate of drug-likeness (QED) is 0.581. The lowest BCUT2D eigenvalue weighted by molar-refractivity contribution is -0.140. The van der Waals surface area contributed by atoms with E-state index in [0.29, 0.717) is 12.0 Å². The Labute approximate surface area is 93.1 Å². The highest BCUT2D eigenvalue weighted by atomic mass is 32.2. The first kappa shape index (κ1) is 10.9. The number of methoxy groups -OCH3 is 1. The molecule has 0 atom stereocenters. The summed E-state index contributed by atoms with van der Waals surface area (Å²) in [4.78, 5) is 11.1. The Morgan fingerprint density at radius 3 is 2.75 bits per heavy atom. The molecular weight excluding hydrogens is 232 g/mol. The standard InChI is InChI=1S/C10H10O5S/c1-14-10(11)5-2-7-6-8-3-4-9(7)16(12,13)15-8/h3-4,6H,2,5H2,1H3. The number of hydrogen-bond acceptors (Lipinski definition) is 5. The summed E-state index contributed by atoms with van der Waals surface area (Å²) < 4.78 is 32.2. The van der Waals surface area contributed by atoms with Crippen LogP contribution in [-0.4, -0.2) is 21.5 Å². The average molecular weight is 242 g/mol. The number of rotatable bonds is 3. The normalized spacial score (nSPS) is 15.6. The molecule has 2 heterocycles. The van der Waals surface area contributed by atoms with Crippen molar-refractivity contribution >= 4 is 16.1 Å². The molecule has 2 bridgehead atoms. The third kappa shape index (κ3) is 1.88. The van der Waals surface area contributed by atoms with Crippen molar-refractivity contribution in [3.63, 3.8) is 0 Å². The van der Waals surface area contributed by atoms with E-state index in [2.05, 4.69) is 4.74 Å². The van der Waals surface area contributed by atoms with E-state index in [1.807, 2.05) is 0 Å². The second-order valence-electron chi connectivity index (χ2n) is 3.38. The molecule has 0 aliphatic carbocycles. The second kappa shape index (κ2) is 3.79. The summed E-state index contributed by atoms with van der Waals surface area (Å²) >= 11 is 0. The van der Waals surface area contributed by atoms with Crippen LogP contribution < -0.4 is 4.18 Å². The Balaban J connectivity index is 2.26. The molecule has 2 aliphatic heterocycles. The molecule has 0 N–H and O–H groups in total. The lowest BCUT2D eigenvalue weighted by Gasteiger charge is -2.17. The lowest BCUT2D eigenvalue weighted by Crippen LogP contribution is -2.17. The van der Waals surface area contributed by atoms with Crippen LogP contribution in [0.5, 0.6) is 5.75 Å². The number of hydrogen-bond donors (Lipinski definition) is 0. The third-order valence-electron chi connectivity index (χ3n) is 2.33.